The molecular weight excluding hydrogens is 289 g/mol. The van der Waals surface area contributed by atoms with Crippen molar-refractivity contribution in [3.05, 3.63) is 52.1 Å². The maximum Gasteiger partial charge on any atom is 0.123 e. The summed E-state index contributed by atoms with van der Waals surface area (Å²) in [5.74, 6) is -0.282. The molecule has 1 N–H and O–H groups in total. The molecule has 2 rings (SSSR count). The van der Waals surface area contributed by atoms with E-state index in [2.05, 4.69) is 30.3 Å². The largest absolute Gasteiger partial charge is 0.305 e. The standard InChI is InChI=1S/C16H21ClFN3/c1-4-8-19-16(13-9-11(18)6-7-14(13)17)15-10-12(5-2)20-21(15)3/h6-7,9-10,16,19H,4-5,8H2,1-3H3. The van der Waals surface area contributed by atoms with Crippen LogP contribution in [0.4, 0.5) is 4.39 Å². The summed E-state index contributed by atoms with van der Waals surface area (Å²) >= 11 is 6.28. The number of benzene rings is 1. The summed E-state index contributed by atoms with van der Waals surface area (Å²) in [6.45, 7) is 4.98. The first-order chi connectivity index (χ1) is 10.1. The molecule has 1 aromatic heterocycles. The van der Waals surface area contributed by atoms with Gasteiger partial charge in [0.05, 0.1) is 17.4 Å². The zero-order chi connectivity index (χ0) is 15.4. The second kappa shape index (κ2) is 7.05. The number of rotatable bonds is 6. The number of aromatic nitrogens is 2. The topological polar surface area (TPSA) is 29.9 Å². The first-order valence-corrected chi connectivity index (χ1v) is 7.65. The lowest BCUT2D eigenvalue weighted by Gasteiger charge is -2.20. The number of halogens is 2. The average Bonchev–Trinajstić information content (AvgIpc) is 2.84. The Hall–Kier alpha value is -1.39. The average molecular weight is 310 g/mol. The van der Waals surface area contributed by atoms with E-state index < -0.39 is 0 Å². The summed E-state index contributed by atoms with van der Waals surface area (Å²) in [4.78, 5) is 0. The fourth-order valence-electron chi connectivity index (χ4n) is 2.38. The van der Waals surface area contributed by atoms with Crippen molar-refractivity contribution in [1.29, 1.82) is 0 Å². The van der Waals surface area contributed by atoms with Crippen LogP contribution in [0.5, 0.6) is 0 Å². The first kappa shape index (κ1) is 16.0. The Morgan fingerprint density at radius 1 is 1.33 bits per heavy atom. The molecule has 0 amide bonds. The molecule has 0 spiro atoms. The summed E-state index contributed by atoms with van der Waals surface area (Å²) in [6.07, 6.45) is 1.85. The summed E-state index contributed by atoms with van der Waals surface area (Å²) in [5, 5.41) is 8.47. The molecule has 2 aromatic rings. The van der Waals surface area contributed by atoms with Gasteiger partial charge in [0.25, 0.3) is 0 Å². The van der Waals surface area contributed by atoms with Gasteiger partial charge in [0.15, 0.2) is 0 Å². The van der Waals surface area contributed by atoms with Gasteiger partial charge in [-0.1, -0.05) is 25.4 Å². The van der Waals surface area contributed by atoms with Gasteiger partial charge in [-0.15, -0.1) is 0 Å². The van der Waals surface area contributed by atoms with E-state index in [4.69, 9.17) is 11.6 Å². The fourth-order valence-corrected chi connectivity index (χ4v) is 2.61. The van der Waals surface area contributed by atoms with Crippen LogP contribution < -0.4 is 5.32 Å². The van der Waals surface area contributed by atoms with Crippen LogP contribution >= 0.6 is 11.6 Å². The van der Waals surface area contributed by atoms with E-state index in [9.17, 15) is 4.39 Å². The van der Waals surface area contributed by atoms with E-state index in [0.717, 1.165) is 36.3 Å². The third kappa shape index (κ3) is 3.63. The second-order valence-corrected chi connectivity index (χ2v) is 5.50. The number of hydrogen-bond acceptors (Lipinski definition) is 2. The van der Waals surface area contributed by atoms with E-state index in [-0.39, 0.29) is 11.9 Å². The Bertz CT molecular complexity index is 610. The molecule has 3 nitrogen and oxygen atoms in total. The fraction of sp³-hybridized carbons (Fsp3) is 0.438. The van der Waals surface area contributed by atoms with Gasteiger partial charge >= 0.3 is 0 Å². The predicted octanol–water partition coefficient (Wildman–Crippen LogP) is 3.86. The van der Waals surface area contributed by atoms with Crippen LogP contribution in [0.1, 0.15) is 43.3 Å². The van der Waals surface area contributed by atoms with Crippen LogP contribution in [0, 0.1) is 5.82 Å². The van der Waals surface area contributed by atoms with Gasteiger partial charge < -0.3 is 5.32 Å². The molecule has 5 heteroatoms. The molecule has 0 fully saturated rings. The van der Waals surface area contributed by atoms with E-state index in [0.29, 0.717) is 5.02 Å². The molecule has 0 saturated carbocycles. The van der Waals surface area contributed by atoms with Gasteiger partial charge in [-0.25, -0.2) is 4.39 Å². The van der Waals surface area contributed by atoms with Crippen LogP contribution in [0.2, 0.25) is 5.02 Å². The van der Waals surface area contributed by atoms with Crippen molar-refractivity contribution in [2.24, 2.45) is 7.05 Å². The third-order valence-corrected chi connectivity index (χ3v) is 3.84. The van der Waals surface area contributed by atoms with Crippen molar-refractivity contribution in [3.63, 3.8) is 0 Å². The highest BCUT2D eigenvalue weighted by Crippen LogP contribution is 2.29. The molecular formula is C16H21ClFN3. The monoisotopic (exact) mass is 309 g/mol. The third-order valence-electron chi connectivity index (χ3n) is 3.49. The molecule has 0 saturated heterocycles. The van der Waals surface area contributed by atoms with Crippen molar-refractivity contribution in [1.82, 2.24) is 15.1 Å². The highest BCUT2D eigenvalue weighted by Gasteiger charge is 2.21. The van der Waals surface area contributed by atoms with Gasteiger partial charge in [0, 0.05) is 12.1 Å². The van der Waals surface area contributed by atoms with E-state index in [1.54, 1.807) is 6.07 Å². The molecule has 0 radical (unpaired) electrons. The zero-order valence-electron chi connectivity index (χ0n) is 12.7. The highest BCUT2D eigenvalue weighted by atomic mass is 35.5. The minimum Gasteiger partial charge on any atom is -0.305 e. The van der Waals surface area contributed by atoms with Crippen molar-refractivity contribution < 1.29 is 4.39 Å². The van der Waals surface area contributed by atoms with Crippen molar-refractivity contribution in [2.75, 3.05) is 6.54 Å². The minimum atomic E-state index is -0.282. The summed E-state index contributed by atoms with van der Waals surface area (Å²) in [6, 6.07) is 6.36. The molecule has 21 heavy (non-hydrogen) atoms. The molecule has 0 bridgehead atoms. The lowest BCUT2D eigenvalue weighted by molar-refractivity contribution is 0.547. The van der Waals surface area contributed by atoms with Crippen molar-refractivity contribution in [2.45, 2.75) is 32.7 Å². The summed E-state index contributed by atoms with van der Waals surface area (Å²) < 4.78 is 15.4. The Morgan fingerprint density at radius 3 is 2.71 bits per heavy atom. The normalized spacial score (nSPS) is 12.6. The lowest BCUT2D eigenvalue weighted by atomic mass is 10.0. The second-order valence-electron chi connectivity index (χ2n) is 5.09. The lowest BCUT2D eigenvalue weighted by Crippen LogP contribution is -2.25. The summed E-state index contributed by atoms with van der Waals surface area (Å²) in [7, 11) is 1.91. The van der Waals surface area contributed by atoms with Gasteiger partial charge in [0.2, 0.25) is 0 Å². The highest BCUT2D eigenvalue weighted by molar-refractivity contribution is 6.31. The first-order valence-electron chi connectivity index (χ1n) is 7.28. The maximum atomic E-state index is 13.6. The maximum absolute atomic E-state index is 13.6. The van der Waals surface area contributed by atoms with Gasteiger partial charge in [0.1, 0.15) is 5.82 Å². The van der Waals surface area contributed by atoms with E-state index in [1.807, 2.05) is 11.7 Å². The van der Waals surface area contributed by atoms with Crippen molar-refractivity contribution in [3.8, 4) is 0 Å². The number of aryl methyl sites for hydroxylation is 2. The number of hydrogen-bond donors (Lipinski definition) is 1. The number of nitrogens with one attached hydrogen (secondary N) is 1. The van der Waals surface area contributed by atoms with E-state index in [1.165, 1.54) is 12.1 Å². The Balaban J connectivity index is 2.46. The number of nitrogens with zero attached hydrogens (tertiary/aromatic N) is 2. The smallest absolute Gasteiger partial charge is 0.123 e. The quantitative estimate of drug-likeness (QED) is 0.878. The Kier molecular flexibility index (Phi) is 5.37. The van der Waals surface area contributed by atoms with Crippen molar-refractivity contribution >= 4 is 11.6 Å². The molecule has 1 heterocycles. The van der Waals surface area contributed by atoms with Gasteiger partial charge in [-0.2, -0.15) is 5.10 Å². The predicted molar refractivity (Wildman–Crippen MR) is 84.1 cm³/mol. The zero-order valence-corrected chi connectivity index (χ0v) is 13.4. The van der Waals surface area contributed by atoms with Gasteiger partial charge in [-0.3, -0.25) is 4.68 Å². The molecule has 0 aliphatic carbocycles. The Morgan fingerprint density at radius 2 is 2.10 bits per heavy atom. The van der Waals surface area contributed by atoms with Crippen LogP contribution in [-0.4, -0.2) is 16.3 Å². The Labute approximate surface area is 130 Å². The molecule has 0 aliphatic rings. The van der Waals surface area contributed by atoms with E-state index >= 15 is 0 Å². The molecule has 0 aliphatic heterocycles. The summed E-state index contributed by atoms with van der Waals surface area (Å²) in [5.41, 5.74) is 2.76. The molecule has 1 atom stereocenters. The van der Waals surface area contributed by atoms with Gasteiger partial charge in [-0.05, 0) is 49.2 Å². The molecule has 114 valence electrons. The van der Waals surface area contributed by atoms with Crippen LogP contribution in [-0.2, 0) is 13.5 Å². The SMILES string of the molecule is CCCNC(c1cc(F)ccc1Cl)c1cc(CC)nn1C. The van der Waals surface area contributed by atoms with Crippen LogP contribution in [0.3, 0.4) is 0 Å². The van der Waals surface area contributed by atoms with Crippen LogP contribution in [0.15, 0.2) is 24.3 Å². The minimum absolute atomic E-state index is 0.161. The molecule has 1 aromatic carbocycles. The molecule has 1 unspecified atom stereocenters. The van der Waals surface area contributed by atoms with Crippen LogP contribution in [0.25, 0.3) is 0 Å².